The minimum Gasteiger partial charge on any atom is -0.497 e. The Morgan fingerprint density at radius 1 is 0.971 bits per heavy atom. The fraction of sp³-hybridized carbons (Fsp3) is 0.0385. The van der Waals surface area contributed by atoms with Crippen LogP contribution in [0.5, 0.6) is 11.5 Å². The molecular weight excluding hydrogens is 470 g/mol. The molecule has 0 bridgehead atoms. The van der Waals surface area contributed by atoms with Gasteiger partial charge in [0.2, 0.25) is 0 Å². The van der Waals surface area contributed by atoms with Gasteiger partial charge < -0.3 is 14.8 Å². The highest BCUT2D eigenvalue weighted by molar-refractivity contribution is 7.80. The van der Waals surface area contributed by atoms with Gasteiger partial charge in [-0.3, -0.25) is 5.43 Å². The van der Waals surface area contributed by atoms with E-state index in [1.165, 1.54) is 0 Å². The summed E-state index contributed by atoms with van der Waals surface area (Å²) in [6.45, 7) is 0. The van der Waals surface area contributed by atoms with Crippen molar-refractivity contribution in [3.63, 3.8) is 0 Å². The van der Waals surface area contributed by atoms with E-state index in [0.29, 0.717) is 21.4 Å². The van der Waals surface area contributed by atoms with Crippen LogP contribution in [0.3, 0.4) is 0 Å². The van der Waals surface area contributed by atoms with E-state index in [1.807, 2.05) is 54.6 Å². The van der Waals surface area contributed by atoms with Gasteiger partial charge in [-0.1, -0.05) is 54.1 Å². The van der Waals surface area contributed by atoms with Crippen LogP contribution in [0.25, 0.3) is 10.8 Å². The number of esters is 1. The van der Waals surface area contributed by atoms with Gasteiger partial charge in [-0.05, 0) is 65.5 Å². The summed E-state index contributed by atoms with van der Waals surface area (Å²) in [7, 11) is 1.61. The Hall–Kier alpha value is -3.94. The molecule has 0 radical (unpaired) electrons. The summed E-state index contributed by atoms with van der Waals surface area (Å²) in [5.41, 5.74) is 4.48. The number of methoxy groups -OCH3 is 1. The third-order valence-corrected chi connectivity index (χ3v) is 5.46. The molecule has 4 rings (SSSR count). The summed E-state index contributed by atoms with van der Waals surface area (Å²) < 4.78 is 10.8. The first-order valence-electron chi connectivity index (χ1n) is 10.3. The molecule has 0 atom stereocenters. The number of hydrogen-bond donors (Lipinski definition) is 2. The summed E-state index contributed by atoms with van der Waals surface area (Å²) >= 11 is 11.5. The number of thiocarbonyl (C=S) groups is 1. The SMILES string of the molecule is COc1ccc(NC(=S)N/N=C\c2c(OC(=O)c3ccccc3Cl)ccc3ccccc23)cc1. The van der Waals surface area contributed by atoms with Crippen molar-refractivity contribution >= 4 is 57.6 Å². The Balaban J connectivity index is 1.55. The number of nitrogens with one attached hydrogen (secondary N) is 2. The fourth-order valence-electron chi connectivity index (χ4n) is 3.27. The largest absolute Gasteiger partial charge is 0.497 e. The maximum absolute atomic E-state index is 12.7. The van der Waals surface area contributed by atoms with Crippen molar-refractivity contribution in [1.82, 2.24) is 5.43 Å². The zero-order valence-corrected chi connectivity index (χ0v) is 19.7. The fourth-order valence-corrected chi connectivity index (χ4v) is 3.65. The van der Waals surface area contributed by atoms with Crippen LogP contribution >= 0.6 is 23.8 Å². The smallest absolute Gasteiger partial charge is 0.345 e. The molecule has 0 fully saturated rings. The van der Waals surface area contributed by atoms with Gasteiger partial charge in [-0.2, -0.15) is 5.10 Å². The molecule has 0 saturated carbocycles. The molecule has 0 aliphatic rings. The Bertz CT molecular complexity index is 1370. The number of rotatable bonds is 6. The van der Waals surface area contributed by atoms with Crippen LogP contribution in [-0.4, -0.2) is 24.4 Å². The molecule has 4 aromatic carbocycles. The molecule has 0 aliphatic heterocycles. The first-order valence-corrected chi connectivity index (χ1v) is 11.1. The highest BCUT2D eigenvalue weighted by Crippen LogP contribution is 2.28. The molecule has 8 heteroatoms. The van der Waals surface area contributed by atoms with E-state index in [-0.39, 0.29) is 5.56 Å². The van der Waals surface area contributed by atoms with Crippen molar-refractivity contribution in [2.75, 3.05) is 12.4 Å². The van der Waals surface area contributed by atoms with Crippen LogP contribution in [-0.2, 0) is 0 Å². The van der Waals surface area contributed by atoms with E-state index in [2.05, 4.69) is 15.8 Å². The predicted molar refractivity (Wildman–Crippen MR) is 140 cm³/mol. The lowest BCUT2D eigenvalue weighted by Crippen LogP contribution is -2.23. The second kappa shape index (κ2) is 10.8. The van der Waals surface area contributed by atoms with Crippen LogP contribution < -0.4 is 20.2 Å². The quantitative estimate of drug-likeness (QED) is 0.113. The average Bonchev–Trinajstić information content (AvgIpc) is 2.85. The number of hydrogen-bond acceptors (Lipinski definition) is 5. The second-order valence-corrected chi connectivity index (χ2v) is 7.94. The van der Waals surface area contributed by atoms with Crippen LogP contribution in [0, 0.1) is 0 Å². The van der Waals surface area contributed by atoms with Crippen molar-refractivity contribution in [1.29, 1.82) is 0 Å². The summed E-state index contributed by atoms with van der Waals surface area (Å²) in [5, 5.41) is 9.76. The van der Waals surface area contributed by atoms with E-state index >= 15 is 0 Å². The molecule has 0 unspecified atom stereocenters. The van der Waals surface area contributed by atoms with Crippen molar-refractivity contribution in [3.8, 4) is 11.5 Å². The Morgan fingerprint density at radius 3 is 2.47 bits per heavy atom. The molecular formula is C26H20ClN3O3S. The van der Waals surface area contributed by atoms with Crippen LogP contribution in [0.4, 0.5) is 5.69 Å². The number of carbonyl (C=O) groups is 1. The zero-order valence-electron chi connectivity index (χ0n) is 18.1. The van der Waals surface area contributed by atoms with E-state index in [1.54, 1.807) is 43.7 Å². The second-order valence-electron chi connectivity index (χ2n) is 7.12. The molecule has 2 N–H and O–H groups in total. The van der Waals surface area contributed by atoms with Crippen LogP contribution in [0.15, 0.2) is 90.0 Å². The molecule has 170 valence electrons. The number of anilines is 1. The average molecular weight is 490 g/mol. The normalized spacial score (nSPS) is 10.8. The van der Waals surface area contributed by atoms with Crippen LogP contribution in [0.1, 0.15) is 15.9 Å². The first kappa shape index (κ1) is 23.2. The monoisotopic (exact) mass is 489 g/mol. The zero-order chi connectivity index (χ0) is 23.9. The number of fused-ring (bicyclic) bond motifs is 1. The topological polar surface area (TPSA) is 71.9 Å². The van der Waals surface area contributed by atoms with Crippen molar-refractivity contribution in [3.05, 3.63) is 101 Å². The lowest BCUT2D eigenvalue weighted by atomic mass is 10.0. The molecule has 0 aromatic heterocycles. The highest BCUT2D eigenvalue weighted by atomic mass is 35.5. The standard InChI is InChI=1S/C26H20ClN3O3S/c1-32-19-13-11-18(12-14-19)29-26(34)30-28-16-22-20-7-3-2-6-17(20)10-15-24(22)33-25(31)21-8-4-5-9-23(21)27/h2-16H,1H3,(H2,29,30,34)/b28-16-. The molecule has 0 saturated heterocycles. The molecule has 6 nitrogen and oxygen atoms in total. The first-order chi connectivity index (χ1) is 16.5. The number of carbonyl (C=O) groups excluding carboxylic acids is 1. The highest BCUT2D eigenvalue weighted by Gasteiger charge is 2.15. The molecule has 4 aromatic rings. The number of nitrogens with zero attached hydrogens (tertiary/aromatic N) is 1. The third-order valence-electron chi connectivity index (χ3n) is 4.93. The van der Waals surface area contributed by atoms with E-state index in [0.717, 1.165) is 22.2 Å². The minimum atomic E-state index is -0.555. The van der Waals surface area contributed by atoms with Gasteiger partial charge in [0.25, 0.3) is 0 Å². The number of benzene rings is 4. The summed E-state index contributed by atoms with van der Waals surface area (Å²) in [4.78, 5) is 12.7. The van der Waals surface area contributed by atoms with E-state index in [4.69, 9.17) is 33.3 Å². The van der Waals surface area contributed by atoms with Gasteiger partial charge in [0, 0.05) is 11.3 Å². The van der Waals surface area contributed by atoms with Gasteiger partial charge in [0.05, 0.1) is 23.9 Å². The van der Waals surface area contributed by atoms with Crippen molar-refractivity contribution in [2.45, 2.75) is 0 Å². The van der Waals surface area contributed by atoms with Crippen molar-refractivity contribution < 1.29 is 14.3 Å². The number of ether oxygens (including phenoxy) is 2. The molecule has 0 aliphatic carbocycles. The molecule has 0 amide bonds. The van der Waals surface area contributed by atoms with Gasteiger partial charge >= 0.3 is 5.97 Å². The van der Waals surface area contributed by atoms with E-state index < -0.39 is 5.97 Å². The Labute approximate surface area is 207 Å². The van der Waals surface area contributed by atoms with Gasteiger partial charge in [0.1, 0.15) is 11.5 Å². The number of halogens is 1. The Morgan fingerprint density at radius 2 is 1.71 bits per heavy atom. The number of hydrazone groups is 1. The maximum atomic E-state index is 12.7. The minimum absolute atomic E-state index is 0.281. The lowest BCUT2D eigenvalue weighted by Gasteiger charge is -2.11. The van der Waals surface area contributed by atoms with Gasteiger partial charge in [0.15, 0.2) is 5.11 Å². The maximum Gasteiger partial charge on any atom is 0.345 e. The molecule has 0 heterocycles. The predicted octanol–water partition coefficient (Wildman–Crippen LogP) is 6.04. The lowest BCUT2D eigenvalue weighted by molar-refractivity contribution is 0.0735. The van der Waals surface area contributed by atoms with Gasteiger partial charge in [-0.25, -0.2) is 4.79 Å². The summed E-state index contributed by atoms with van der Waals surface area (Å²) in [5.74, 6) is 0.542. The summed E-state index contributed by atoms with van der Waals surface area (Å²) in [6, 6.07) is 25.4. The summed E-state index contributed by atoms with van der Waals surface area (Å²) in [6.07, 6.45) is 1.57. The molecule has 34 heavy (non-hydrogen) atoms. The van der Waals surface area contributed by atoms with Crippen molar-refractivity contribution in [2.24, 2.45) is 5.10 Å². The van der Waals surface area contributed by atoms with Crippen LogP contribution in [0.2, 0.25) is 5.02 Å². The van der Waals surface area contributed by atoms with E-state index in [9.17, 15) is 4.79 Å². The molecule has 0 spiro atoms. The Kier molecular flexibility index (Phi) is 7.37. The third kappa shape index (κ3) is 5.51. The van der Waals surface area contributed by atoms with Gasteiger partial charge in [-0.15, -0.1) is 0 Å².